The van der Waals surface area contributed by atoms with E-state index in [9.17, 15) is 5.11 Å². The van der Waals surface area contributed by atoms with Gasteiger partial charge in [0.15, 0.2) is 0 Å². The maximum absolute atomic E-state index is 10.1. The summed E-state index contributed by atoms with van der Waals surface area (Å²) in [5.41, 5.74) is 1.68. The van der Waals surface area contributed by atoms with Gasteiger partial charge in [0.2, 0.25) is 0 Å². The Morgan fingerprint density at radius 1 is 1.45 bits per heavy atom. The fourth-order valence-electron chi connectivity index (χ4n) is 3.04. The highest BCUT2D eigenvalue weighted by Crippen LogP contribution is 2.36. The first kappa shape index (κ1) is 15.1. The van der Waals surface area contributed by atoms with Gasteiger partial charge in [0.25, 0.3) is 0 Å². The molecule has 2 atom stereocenters. The van der Waals surface area contributed by atoms with Gasteiger partial charge in [-0.25, -0.2) is 0 Å². The molecule has 1 N–H and O–H groups in total. The molecule has 1 unspecified atom stereocenters. The summed E-state index contributed by atoms with van der Waals surface area (Å²) in [5, 5.41) is 10.1. The van der Waals surface area contributed by atoms with Crippen LogP contribution >= 0.6 is 0 Å². The fourth-order valence-corrected chi connectivity index (χ4v) is 3.04. The molecule has 20 heavy (non-hydrogen) atoms. The molecule has 2 rings (SSSR count). The Bertz CT molecular complexity index is 471. The van der Waals surface area contributed by atoms with Crippen LogP contribution < -0.4 is 9.64 Å². The number of aliphatic hydroxyl groups excluding tert-OH is 1. The molecule has 4 heteroatoms. The van der Waals surface area contributed by atoms with Gasteiger partial charge in [-0.3, -0.25) is 0 Å². The molecular formula is C16H25NO3. The van der Waals surface area contributed by atoms with E-state index in [0.29, 0.717) is 0 Å². The van der Waals surface area contributed by atoms with Crippen molar-refractivity contribution in [1.29, 1.82) is 0 Å². The molecule has 0 radical (unpaired) electrons. The predicted octanol–water partition coefficient (Wildman–Crippen LogP) is 2.75. The van der Waals surface area contributed by atoms with Gasteiger partial charge >= 0.3 is 0 Å². The number of nitrogens with zero attached hydrogens (tertiary/aromatic N) is 1. The largest absolute Gasteiger partial charge is 0.496 e. The number of morpholine rings is 1. The Kier molecular flexibility index (Phi) is 4.25. The maximum Gasteiger partial charge on any atom is 0.126 e. The minimum absolute atomic E-state index is 0.159. The molecule has 1 aromatic carbocycles. The van der Waals surface area contributed by atoms with Crippen LogP contribution in [0, 0.1) is 0 Å². The Labute approximate surface area is 121 Å². The molecule has 0 amide bonds. The summed E-state index contributed by atoms with van der Waals surface area (Å²) in [6, 6.07) is 5.90. The highest BCUT2D eigenvalue weighted by Gasteiger charge is 2.33. The van der Waals surface area contributed by atoms with E-state index in [4.69, 9.17) is 9.47 Å². The van der Waals surface area contributed by atoms with E-state index in [1.165, 1.54) is 0 Å². The number of aliphatic hydroxyl groups is 1. The van der Waals surface area contributed by atoms with Crippen LogP contribution in [0.15, 0.2) is 18.2 Å². The summed E-state index contributed by atoms with van der Waals surface area (Å²) in [5.74, 6) is 0.731. The molecular weight excluding hydrogens is 254 g/mol. The molecule has 0 aliphatic carbocycles. The SMILES string of the molecule is COc1cccc(N2CC(C)OC(C)(C)C2)c1[C@H](C)O. The fraction of sp³-hybridized carbons (Fsp3) is 0.625. The van der Waals surface area contributed by atoms with Crippen molar-refractivity contribution in [1.82, 2.24) is 0 Å². The van der Waals surface area contributed by atoms with Crippen LogP contribution in [0.3, 0.4) is 0 Å². The molecule has 0 bridgehead atoms. The summed E-state index contributed by atoms with van der Waals surface area (Å²) < 4.78 is 11.3. The second kappa shape index (κ2) is 5.62. The van der Waals surface area contributed by atoms with Crippen molar-refractivity contribution < 1.29 is 14.6 Å². The summed E-state index contributed by atoms with van der Waals surface area (Å²) in [4.78, 5) is 2.28. The zero-order valence-electron chi connectivity index (χ0n) is 13.0. The first-order chi connectivity index (χ1) is 9.34. The van der Waals surface area contributed by atoms with Crippen molar-refractivity contribution in [3.05, 3.63) is 23.8 Å². The topological polar surface area (TPSA) is 41.9 Å². The van der Waals surface area contributed by atoms with Crippen LogP contribution in [-0.2, 0) is 4.74 Å². The minimum Gasteiger partial charge on any atom is -0.496 e. The van der Waals surface area contributed by atoms with Crippen LogP contribution in [0.2, 0.25) is 0 Å². The average Bonchev–Trinajstić information content (AvgIpc) is 2.35. The van der Waals surface area contributed by atoms with Gasteiger partial charge in [0, 0.05) is 24.3 Å². The lowest BCUT2D eigenvalue weighted by molar-refractivity contribution is -0.0750. The number of hydrogen-bond donors (Lipinski definition) is 1. The highest BCUT2D eigenvalue weighted by molar-refractivity contribution is 5.61. The molecule has 1 saturated heterocycles. The lowest BCUT2D eigenvalue weighted by Crippen LogP contribution is -2.52. The lowest BCUT2D eigenvalue weighted by Gasteiger charge is -2.43. The van der Waals surface area contributed by atoms with Gasteiger partial charge in [-0.05, 0) is 39.8 Å². The molecule has 1 aliphatic heterocycles. The number of methoxy groups -OCH3 is 1. The zero-order valence-corrected chi connectivity index (χ0v) is 13.0. The number of benzene rings is 1. The third-order valence-corrected chi connectivity index (χ3v) is 3.59. The van der Waals surface area contributed by atoms with Crippen molar-refractivity contribution >= 4 is 5.69 Å². The van der Waals surface area contributed by atoms with E-state index in [0.717, 1.165) is 30.1 Å². The zero-order chi connectivity index (χ0) is 14.9. The molecule has 1 heterocycles. The maximum atomic E-state index is 10.1. The van der Waals surface area contributed by atoms with Gasteiger partial charge in [-0.1, -0.05) is 6.07 Å². The molecule has 1 fully saturated rings. The number of hydrogen-bond acceptors (Lipinski definition) is 4. The average molecular weight is 279 g/mol. The first-order valence-electron chi connectivity index (χ1n) is 7.12. The van der Waals surface area contributed by atoms with E-state index in [1.54, 1.807) is 14.0 Å². The third kappa shape index (κ3) is 3.07. The van der Waals surface area contributed by atoms with E-state index < -0.39 is 6.10 Å². The molecule has 0 aromatic heterocycles. The van der Waals surface area contributed by atoms with Crippen LogP contribution in [-0.4, -0.2) is 37.0 Å². The van der Waals surface area contributed by atoms with E-state index >= 15 is 0 Å². The lowest BCUT2D eigenvalue weighted by atomic mass is 10.0. The second-order valence-corrected chi connectivity index (χ2v) is 6.14. The highest BCUT2D eigenvalue weighted by atomic mass is 16.5. The van der Waals surface area contributed by atoms with Crippen LogP contribution in [0.5, 0.6) is 5.75 Å². The Balaban J connectivity index is 2.41. The van der Waals surface area contributed by atoms with Crippen molar-refractivity contribution in [2.24, 2.45) is 0 Å². The number of anilines is 1. The number of ether oxygens (including phenoxy) is 2. The van der Waals surface area contributed by atoms with Gasteiger partial charge in [-0.15, -0.1) is 0 Å². The monoisotopic (exact) mass is 279 g/mol. The van der Waals surface area contributed by atoms with Crippen molar-refractivity contribution in [3.8, 4) is 5.75 Å². The van der Waals surface area contributed by atoms with Gasteiger partial charge < -0.3 is 19.5 Å². The summed E-state index contributed by atoms with van der Waals surface area (Å²) >= 11 is 0. The molecule has 0 spiro atoms. The first-order valence-corrected chi connectivity index (χ1v) is 7.12. The van der Waals surface area contributed by atoms with Gasteiger partial charge in [0.05, 0.1) is 24.9 Å². The van der Waals surface area contributed by atoms with Crippen LogP contribution in [0.1, 0.15) is 39.4 Å². The van der Waals surface area contributed by atoms with E-state index in [2.05, 4.69) is 25.7 Å². The predicted molar refractivity (Wildman–Crippen MR) is 80.5 cm³/mol. The number of rotatable bonds is 3. The summed E-state index contributed by atoms with van der Waals surface area (Å²) in [6.07, 6.45) is -0.408. The van der Waals surface area contributed by atoms with E-state index in [-0.39, 0.29) is 11.7 Å². The molecule has 0 saturated carbocycles. The summed E-state index contributed by atoms with van der Waals surface area (Å²) in [7, 11) is 1.64. The van der Waals surface area contributed by atoms with Gasteiger partial charge in [0.1, 0.15) is 5.75 Å². The van der Waals surface area contributed by atoms with Crippen molar-refractivity contribution in [2.75, 3.05) is 25.1 Å². The minimum atomic E-state index is -0.567. The smallest absolute Gasteiger partial charge is 0.126 e. The Hall–Kier alpha value is -1.26. The van der Waals surface area contributed by atoms with Crippen LogP contribution in [0.25, 0.3) is 0 Å². The quantitative estimate of drug-likeness (QED) is 0.924. The van der Waals surface area contributed by atoms with Gasteiger partial charge in [-0.2, -0.15) is 0 Å². The Morgan fingerprint density at radius 2 is 2.15 bits per heavy atom. The molecule has 4 nitrogen and oxygen atoms in total. The third-order valence-electron chi connectivity index (χ3n) is 3.59. The second-order valence-electron chi connectivity index (χ2n) is 6.14. The molecule has 112 valence electrons. The molecule has 1 aromatic rings. The van der Waals surface area contributed by atoms with E-state index in [1.807, 2.05) is 18.2 Å². The Morgan fingerprint density at radius 3 is 2.70 bits per heavy atom. The summed E-state index contributed by atoms with van der Waals surface area (Å²) in [6.45, 7) is 9.66. The van der Waals surface area contributed by atoms with Crippen LogP contribution in [0.4, 0.5) is 5.69 Å². The standard InChI is InChI=1S/C16H25NO3/c1-11-9-17(10-16(3,4)20-11)13-7-6-8-14(19-5)15(13)12(2)18/h6-8,11-12,18H,9-10H2,1-5H3/t11?,12-/m0/s1. The molecule has 1 aliphatic rings. The normalized spacial score (nSPS) is 23.5. The van der Waals surface area contributed by atoms with Crippen molar-refractivity contribution in [2.45, 2.75) is 45.5 Å². The van der Waals surface area contributed by atoms with Crippen molar-refractivity contribution in [3.63, 3.8) is 0 Å².